The van der Waals surface area contributed by atoms with E-state index in [2.05, 4.69) is 9.97 Å². The van der Waals surface area contributed by atoms with Crippen molar-refractivity contribution >= 4 is 22.5 Å². The van der Waals surface area contributed by atoms with E-state index in [1.165, 1.54) is 6.07 Å². The van der Waals surface area contributed by atoms with Crippen molar-refractivity contribution in [2.24, 2.45) is 0 Å². The summed E-state index contributed by atoms with van der Waals surface area (Å²) in [5.74, 6) is -0.471. The topological polar surface area (TPSA) is 46.0 Å². The predicted octanol–water partition coefficient (Wildman–Crippen LogP) is 3.51. The van der Waals surface area contributed by atoms with Gasteiger partial charge in [-0.3, -0.25) is 9.97 Å². The van der Waals surface area contributed by atoms with Crippen molar-refractivity contribution in [3.63, 3.8) is 0 Å². The number of rotatable bonds is 3. The lowest BCUT2D eigenvalue weighted by Gasteiger charge is -2.05. The molecule has 1 N–H and O–H groups in total. The Kier molecular flexibility index (Phi) is 3.82. The van der Waals surface area contributed by atoms with Gasteiger partial charge in [0.1, 0.15) is 5.82 Å². The Morgan fingerprint density at radius 1 is 1.10 bits per heavy atom. The molecule has 0 spiro atoms. The smallest absolute Gasteiger partial charge is 0.143 e. The standard InChI is InChI=1S/C16H12ClFN2O/c17-14-6-12-3-11(8-20-16(12)7-15(14)18)5-13-4-10(9-21)1-2-19-13/h1-4,6-8,21H,5,9H2. The summed E-state index contributed by atoms with van der Waals surface area (Å²) < 4.78 is 13.4. The molecule has 106 valence electrons. The van der Waals surface area contributed by atoms with Crippen LogP contribution in [0, 0.1) is 5.82 Å². The van der Waals surface area contributed by atoms with Crippen molar-refractivity contribution in [1.29, 1.82) is 0 Å². The minimum absolute atomic E-state index is 0.0135. The summed E-state index contributed by atoms with van der Waals surface area (Å²) in [7, 11) is 0. The van der Waals surface area contributed by atoms with E-state index in [9.17, 15) is 4.39 Å². The molecule has 1 aromatic carbocycles. The number of hydrogen-bond donors (Lipinski definition) is 1. The highest BCUT2D eigenvalue weighted by Crippen LogP contribution is 2.23. The Labute approximate surface area is 126 Å². The normalized spacial score (nSPS) is 11.0. The first-order valence-corrected chi connectivity index (χ1v) is 6.82. The molecule has 3 rings (SSSR count). The maximum atomic E-state index is 13.4. The second-order valence-electron chi connectivity index (χ2n) is 4.79. The lowest BCUT2D eigenvalue weighted by atomic mass is 10.1. The van der Waals surface area contributed by atoms with Crippen LogP contribution < -0.4 is 0 Å². The summed E-state index contributed by atoms with van der Waals surface area (Å²) in [4.78, 5) is 8.52. The quantitative estimate of drug-likeness (QED) is 0.805. The summed E-state index contributed by atoms with van der Waals surface area (Å²) in [5.41, 5.74) is 3.18. The number of pyridine rings is 2. The van der Waals surface area contributed by atoms with Crippen LogP contribution in [-0.2, 0) is 13.0 Å². The molecule has 0 amide bonds. The Morgan fingerprint density at radius 3 is 2.76 bits per heavy atom. The molecular weight excluding hydrogens is 291 g/mol. The van der Waals surface area contributed by atoms with Crippen LogP contribution in [0.1, 0.15) is 16.8 Å². The third-order valence-electron chi connectivity index (χ3n) is 3.23. The van der Waals surface area contributed by atoms with Gasteiger partial charge < -0.3 is 5.11 Å². The van der Waals surface area contributed by atoms with Crippen LogP contribution in [0.2, 0.25) is 5.02 Å². The molecule has 0 fully saturated rings. The Morgan fingerprint density at radius 2 is 1.95 bits per heavy atom. The molecule has 3 nitrogen and oxygen atoms in total. The van der Waals surface area contributed by atoms with E-state index in [4.69, 9.17) is 16.7 Å². The van der Waals surface area contributed by atoms with Gasteiger partial charge in [-0.15, -0.1) is 0 Å². The summed E-state index contributed by atoms with van der Waals surface area (Å²) in [5, 5.41) is 10.0. The monoisotopic (exact) mass is 302 g/mol. The molecule has 2 heterocycles. The molecule has 0 unspecified atom stereocenters. The lowest BCUT2D eigenvalue weighted by molar-refractivity contribution is 0.281. The number of halogens is 2. The molecular formula is C16H12ClFN2O. The van der Waals surface area contributed by atoms with Crippen molar-refractivity contribution in [1.82, 2.24) is 9.97 Å². The van der Waals surface area contributed by atoms with Crippen LogP contribution in [-0.4, -0.2) is 15.1 Å². The average Bonchev–Trinajstić information content (AvgIpc) is 2.49. The fraction of sp³-hybridized carbons (Fsp3) is 0.125. The minimum Gasteiger partial charge on any atom is -0.392 e. The van der Waals surface area contributed by atoms with E-state index in [0.717, 1.165) is 22.2 Å². The van der Waals surface area contributed by atoms with Crippen molar-refractivity contribution in [2.75, 3.05) is 0 Å². The number of benzene rings is 1. The number of hydrogen-bond acceptors (Lipinski definition) is 3. The molecule has 21 heavy (non-hydrogen) atoms. The Balaban J connectivity index is 1.95. The zero-order chi connectivity index (χ0) is 14.8. The van der Waals surface area contributed by atoms with E-state index in [1.807, 2.05) is 12.1 Å². The average molecular weight is 303 g/mol. The molecule has 5 heteroatoms. The molecule has 0 bridgehead atoms. The van der Waals surface area contributed by atoms with Crippen molar-refractivity contribution in [3.8, 4) is 0 Å². The highest BCUT2D eigenvalue weighted by Gasteiger charge is 2.06. The molecule has 0 aliphatic heterocycles. The van der Waals surface area contributed by atoms with E-state index < -0.39 is 5.82 Å². The van der Waals surface area contributed by atoms with Crippen LogP contribution in [0.25, 0.3) is 10.9 Å². The van der Waals surface area contributed by atoms with Crippen molar-refractivity contribution in [2.45, 2.75) is 13.0 Å². The van der Waals surface area contributed by atoms with E-state index in [1.54, 1.807) is 24.5 Å². The summed E-state index contributed by atoms with van der Waals surface area (Å²) in [6.45, 7) is -0.0135. The third-order valence-corrected chi connectivity index (χ3v) is 3.52. The van der Waals surface area contributed by atoms with Gasteiger partial charge >= 0.3 is 0 Å². The maximum Gasteiger partial charge on any atom is 0.143 e. The summed E-state index contributed by atoms with van der Waals surface area (Å²) >= 11 is 5.80. The fourth-order valence-corrected chi connectivity index (χ4v) is 2.37. The zero-order valence-electron chi connectivity index (χ0n) is 11.1. The van der Waals surface area contributed by atoms with Crippen LogP contribution in [0.15, 0.2) is 42.7 Å². The van der Waals surface area contributed by atoms with Gasteiger partial charge in [0, 0.05) is 36.0 Å². The molecule has 0 saturated carbocycles. The molecule has 2 aromatic heterocycles. The Hall–Kier alpha value is -2.04. The van der Waals surface area contributed by atoms with E-state index >= 15 is 0 Å². The highest BCUT2D eigenvalue weighted by atomic mass is 35.5. The zero-order valence-corrected chi connectivity index (χ0v) is 11.8. The number of aliphatic hydroxyl groups excluding tert-OH is 1. The van der Waals surface area contributed by atoms with Crippen molar-refractivity contribution in [3.05, 3.63) is 70.4 Å². The van der Waals surface area contributed by atoms with Gasteiger partial charge in [-0.25, -0.2) is 4.39 Å². The predicted molar refractivity (Wildman–Crippen MR) is 79.7 cm³/mol. The van der Waals surface area contributed by atoms with Crippen LogP contribution in [0.3, 0.4) is 0 Å². The summed E-state index contributed by atoms with van der Waals surface area (Å²) in [6.07, 6.45) is 3.95. The first-order chi connectivity index (χ1) is 10.2. The summed E-state index contributed by atoms with van der Waals surface area (Å²) in [6, 6.07) is 8.43. The fourth-order valence-electron chi connectivity index (χ4n) is 2.20. The number of fused-ring (bicyclic) bond motifs is 1. The maximum absolute atomic E-state index is 13.4. The van der Waals surface area contributed by atoms with Crippen LogP contribution in [0.4, 0.5) is 4.39 Å². The van der Waals surface area contributed by atoms with Crippen LogP contribution in [0.5, 0.6) is 0 Å². The Bertz CT molecular complexity index is 807. The SMILES string of the molecule is OCc1ccnc(Cc2cnc3cc(F)c(Cl)cc3c2)c1. The van der Waals surface area contributed by atoms with Gasteiger partial charge in [0.2, 0.25) is 0 Å². The molecule has 0 aliphatic carbocycles. The molecule has 0 radical (unpaired) electrons. The van der Waals surface area contributed by atoms with Gasteiger partial charge in [-0.2, -0.15) is 0 Å². The van der Waals surface area contributed by atoms with Gasteiger partial charge in [0.15, 0.2) is 0 Å². The molecule has 0 saturated heterocycles. The highest BCUT2D eigenvalue weighted by molar-refractivity contribution is 6.31. The van der Waals surface area contributed by atoms with E-state index in [-0.39, 0.29) is 11.6 Å². The van der Waals surface area contributed by atoms with Crippen molar-refractivity contribution < 1.29 is 9.50 Å². The first kappa shape index (κ1) is 13.9. The van der Waals surface area contributed by atoms with Gasteiger partial charge in [-0.1, -0.05) is 11.6 Å². The van der Waals surface area contributed by atoms with Gasteiger partial charge in [0.25, 0.3) is 0 Å². The molecule has 0 aliphatic rings. The largest absolute Gasteiger partial charge is 0.392 e. The van der Waals surface area contributed by atoms with Gasteiger partial charge in [-0.05, 0) is 35.4 Å². The molecule has 0 atom stereocenters. The molecule has 3 aromatic rings. The number of aliphatic hydroxyl groups is 1. The second kappa shape index (κ2) is 5.76. The lowest BCUT2D eigenvalue weighted by Crippen LogP contribution is -1.95. The first-order valence-electron chi connectivity index (χ1n) is 6.44. The van der Waals surface area contributed by atoms with Gasteiger partial charge in [0.05, 0.1) is 17.1 Å². The minimum atomic E-state index is -0.471. The van der Waals surface area contributed by atoms with E-state index in [0.29, 0.717) is 11.9 Å². The number of nitrogens with zero attached hydrogens (tertiary/aromatic N) is 2. The van der Waals surface area contributed by atoms with Crippen LogP contribution >= 0.6 is 11.6 Å². The second-order valence-corrected chi connectivity index (χ2v) is 5.20. The third kappa shape index (κ3) is 3.01. The number of aromatic nitrogens is 2.